The van der Waals surface area contributed by atoms with Gasteiger partial charge in [0.25, 0.3) is 0 Å². The molecule has 0 amide bonds. The van der Waals surface area contributed by atoms with E-state index in [1.165, 1.54) is 32.1 Å². The van der Waals surface area contributed by atoms with E-state index in [9.17, 15) is 0 Å². The van der Waals surface area contributed by atoms with Gasteiger partial charge in [0.15, 0.2) is 0 Å². The molecule has 2 aliphatic rings. The van der Waals surface area contributed by atoms with Crippen LogP contribution in [-0.2, 0) is 0 Å². The van der Waals surface area contributed by atoms with Crippen LogP contribution in [0.3, 0.4) is 0 Å². The molecule has 0 N–H and O–H groups in total. The van der Waals surface area contributed by atoms with Gasteiger partial charge in [0.05, 0.1) is 0 Å². The minimum absolute atomic E-state index is 0.541. The van der Waals surface area contributed by atoms with Crippen LogP contribution in [0.4, 0.5) is 0 Å². The van der Waals surface area contributed by atoms with Gasteiger partial charge < -0.3 is 0 Å². The predicted octanol–water partition coefficient (Wildman–Crippen LogP) is 5.20. The van der Waals surface area contributed by atoms with Crippen LogP contribution >= 0.6 is 0 Å². The summed E-state index contributed by atoms with van der Waals surface area (Å²) in [7, 11) is 0. The molecule has 0 radical (unpaired) electrons. The second kappa shape index (κ2) is 3.89. The fourth-order valence-electron chi connectivity index (χ4n) is 4.54. The molecular weight excluding hydrogens is 192 g/mol. The average Bonchev–Trinajstić information content (AvgIpc) is 2.43. The molecule has 0 aromatic heterocycles. The van der Waals surface area contributed by atoms with Crippen LogP contribution in [0.25, 0.3) is 0 Å². The van der Waals surface area contributed by atoms with Crippen molar-refractivity contribution in [2.75, 3.05) is 0 Å². The third-order valence-electron chi connectivity index (χ3n) is 5.51. The van der Waals surface area contributed by atoms with Gasteiger partial charge in [-0.05, 0) is 48.9 Å². The summed E-state index contributed by atoms with van der Waals surface area (Å²) < 4.78 is 0. The minimum Gasteiger partial charge on any atom is -0.0847 e. The lowest BCUT2D eigenvalue weighted by atomic mass is 9.67. The molecule has 16 heavy (non-hydrogen) atoms. The highest BCUT2D eigenvalue weighted by Gasteiger charge is 2.53. The van der Waals surface area contributed by atoms with Gasteiger partial charge in [0.1, 0.15) is 0 Å². The van der Waals surface area contributed by atoms with Gasteiger partial charge >= 0.3 is 0 Å². The van der Waals surface area contributed by atoms with Crippen molar-refractivity contribution < 1.29 is 0 Å². The molecule has 1 saturated carbocycles. The van der Waals surface area contributed by atoms with Gasteiger partial charge in [-0.1, -0.05) is 52.2 Å². The molecule has 0 heteroatoms. The van der Waals surface area contributed by atoms with E-state index in [2.05, 4.69) is 40.7 Å². The molecule has 0 spiro atoms. The van der Waals surface area contributed by atoms with E-state index in [1.54, 1.807) is 5.57 Å². The molecule has 0 unspecified atom stereocenters. The quantitative estimate of drug-likeness (QED) is 0.574. The SMILES string of the molecule is CCC[C@@H](C)[C@]12CC=C(C)[C@@H](C1)C(C)(C)C2. The van der Waals surface area contributed by atoms with Gasteiger partial charge in [0.2, 0.25) is 0 Å². The highest BCUT2D eigenvalue weighted by molar-refractivity contribution is 5.21. The number of hydrogen-bond acceptors (Lipinski definition) is 0. The molecule has 2 aliphatic carbocycles. The summed E-state index contributed by atoms with van der Waals surface area (Å²) in [4.78, 5) is 0. The Hall–Kier alpha value is -0.260. The Labute approximate surface area is 102 Å². The second-order valence-electron chi connectivity index (χ2n) is 7.13. The van der Waals surface area contributed by atoms with E-state index in [1.807, 2.05) is 0 Å². The third kappa shape index (κ3) is 1.75. The molecule has 0 aromatic carbocycles. The van der Waals surface area contributed by atoms with E-state index in [0.29, 0.717) is 10.8 Å². The monoisotopic (exact) mass is 220 g/mol. The van der Waals surface area contributed by atoms with E-state index >= 15 is 0 Å². The van der Waals surface area contributed by atoms with E-state index in [4.69, 9.17) is 0 Å². The molecule has 0 aromatic rings. The second-order valence-corrected chi connectivity index (χ2v) is 7.13. The molecule has 2 rings (SSSR count). The summed E-state index contributed by atoms with van der Waals surface area (Å²) in [5.41, 5.74) is 2.85. The normalized spacial score (nSPS) is 38.3. The number of hydrogen-bond donors (Lipinski definition) is 0. The predicted molar refractivity (Wildman–Crippen MR) is 71.4 cm³/mol. The highest BCUT2D eigenvalue weighted by atomic mass is 14.6. The van der Waals surface area contributed by atoms with Crippen molar-refractivity contribution in [1.82, 2.24) is 0 Å². The lowest BCUT2D eigenvalue weighted by Crippen LogP contribution is -2.27. The molecule has 0 aliphatic heterocycles. The topological polar surface area (TPSA) is 0 Å². The molecule has 1 fully saturated rings. The summed E-state index contributed by atoms with van der Waals surface area (Å²) in [6, 6.07) is 0. The van der Waals surface area contributed by atoms with Crippen molar-refractivity contribution >= 4 is 0 Å². The van der Waals surface area contributed by atoms with Crippen LogP contribution in [0, 0.1) is 22.7 Å². The summed E-state index contributed by atoms with van der Waals surface area (Å²) in [6.45, 7) is 12.2. The van der Waals surface area contributed by atoms with Crippen molar-refractivity contribution in [1.29, 1.82) is 0 Å². The van der Waals surface area contributed by atoms with E-state index in [0.717, 1.165) is 11.8 Å². The zero-order valence-corrected chi connectivity index (χ0v) is 11.8. The van der Waals surface area contributed by atoms with Crippen LogP contribution in [0.5, 0.6) is 0 Å². The Morgan fingerprint density at radius 1 is 1.44 bits per heavy atom. The van der Waals surface area contributed by atoms with Crippen LogP contribution in [0.15, 0.2) is 11.6 Å². The first-order chi connectivity index (χ1) is 7.41. The Bertz CT molecular complexity index is 297. The zero-order chi connectivity index (χ0) is 12.0. The molecule has 92 valence electrons. The lowest BCUT2D eigenvalue weighted by Gasteiger charge is -2.37. The standard InChI is InChI=1S/C16H28/c1-6-7-13(3)16-9-8-12(2)14(10-16)15(4,5)11-16/h8,13-14H,6-7,9-11H2,1-5H3/t13-,14-,16-/m1/s1. The Morgan fingerprint density at radius 3 is 2.75 bits per heavy atom. The van der Waals surface area contributed by atoms with Gasteiger partial charge in [-0.2, -0.15) is 0 Å². The fourth-order valence-corrected chi connectivity index (χ4v) is 4.54. The van der Waals surface area contributed by atoms with Crippen molar-refractivity contribution in [3.05, 3.63) is 11.6 Å². The van der Waals surface area contributed by atoms with Crippen molar-refractivity contribution in [3.63, 3.8) is 0 Å². The van der Waals surface area contributed by atoms with Gasteiger partial charge in [0, 0.05) is 0 Å². The Balaban J connectivity index is 2.26. The van der Waals surface area contributed by atoms with Gasteiger partial charge in [-0.25, -0.2) is 0 Å². The largest absolute Gasteiger partial charge is 0.0847 e. The molecular formula is C16H28. The van der Waals surface area contributed by atoms with Crippen molar-refractivity contribution in [2.24, 2.45) is 22.7 Å². The highest BCUT2D eigenvalue weighted by Crippen LogP contribution is 2.63. The summed E-state index contributed by atoms with van der Waals surface area (Å²) in [6.07, 6.45) is 9.56. The fraction of sp³-hybridized carbons (Fsp3) is 0.875. The maximum Gasteiger partial charge on any atom is -0.0149 e. The Morgan fingerprint density at radius 2 is 2.12 bits per heavy atom. The van der Waals surface area contributed by atoms with Gasteiger partial charge in [-0.15, -0.1) is 0 Å². The molecule has 0 heterocycles. The van der Waals surface area contributed by atoms with Crippen LogP contribution in [-0.4, -0.2) is 0 Å². The first-order valence-corrected chi connectivity index (χ1v) is 7.08. The molecule has 2 bridgehead atoms. The van der Waals surface area contributed by atoms with E-state index in [-0.39, 0.29) is 0 Å². The smallest absolute Gasteiger partial charge is 0.0149 e. The number of allylic oxidation sites excluding steroid dienone is 2. The van der Waals surface area contributed by atoms with Crippen LogP contribution in [0.1, 0.15) is 66.7 Å². The third-order valence-corrected chi connectivity index (χ3v) is 5.51. The maximum absolute atomic E-state index is 2.55. The zero-order valence-electron chi connectivity index (χ0n) is 11.8. The maximum atomic E-state index is 2.55. The molecule has 3 atom stereocenters. The minimum atomic E-state index is 0.541. The first-order valence-electron chi connectivity index (χ1n) is 7.08. The Kier molecular flexibility index (Phi) is 2.97. The lowest BCUT2D eigenvalue weighted by molar-refractivity contribution is 0.151. The van der Waals surface area contributed by atoms with E-state index < -0.39 is 0 Å². The van der Waals surface area contributed by atoms with Crippen LogP contribution < -0.4 is 0 Å². The number of fused-ring (bicyclic) bond motifs is 2. The summed E-state index contributed by atoms with van der Waals surface area (Å²) >= 11 is 0. The van der Waals surface area contributed by atoms with Gasteiger partial charge in [-0.3, -0.25) is 0 Å². The summed E-state index contributed by atoms with van der Waals surface area (Å²) in [5, 5.41) is 0. The summed E-state index contributed by atoms with van der Waals surface area (Å²) in [5.74, 6) is 1.77. The number of rotatable bonds is 3. The average molecular weight is 220 g/mol. The first kappa shape index (κ1) is 12.2. The molecule has 0 nitrogen and oxygen atoms in total. The van der Waals surface area contributed by atoms with Crippen molar-refractivity contribution in [3.8, 4) is 0 Å². The molecule has 0 saturated heterocycles. The van der Waals surface area contributed by atoms with Crippen LogP contribution in [0.2, 0.25) is 0 Å². The van der Waals surface area contributed by atoms with Crippen molar-refractivity contribution in [2.45, 2.75) is 66.7 Å².